The minimum Gasteiger partial charge on any atom is -0.446 e. The number of aromatic nitrogens is 3. The van der Waals surface area contributed by atoms with E-state index in [1.165, 1.54) is 26.2 Å². The summed E-state index contributed by atoms with van der Waals surface area (Å²) >= 11 is 0. The van der Waals surface area contributed by atoms with Gasteiger partial charge in [-0.15, -0.1) is 0 Å². The highest BCUT2D eigenvalue weighted by molar-refractivity contribution is 6.00. The van der Waals surface area contributed by atoms with Crippen molar-refractivity contribution in [3.63, 3.8) is 0 Å². The third kappa shape index (κ3) is 6.92. The van der Waals surface area contributed by atoms with Gasteiger partial charge in [-0.1, -0.05) is 0 Å². The lowest BCUT2D eigenvalue weighted by atomic mass is 9.92. The first kappa shape index (κ1) is 28.3. The van der Waals surface area contributed by atoms with Gasteiger partial charge in [0.05, 0.1) is 52.1 Å². The number of alkyl halides is 1. The molecular formula is C29H34FN7O4. The van der Waals surface area contributed by atoms with Crippen molar-refractivity contribution in [3.05, 3.63) is 47.8 Å². The molecule has 4 N–H and O–H groups in total. The SMILES string of the molecule is CC(C)(O)[C@H](F)CNC(=O)c1cnc(-c2ccc3cc(C#N)cnn23)cc1N[C@H]1CC[C@@H](OC(=O)NC2CC2)CC1. The third-order valence-corrected chi connectivity index (χ3v) is 7.46. The van der Waals surface area contributed by atoms with Crippen LogP contribution in [0.15, 0.2) is 36.7 Å². The molecule has 2 saturated carbocycles. The van der Waals surface area contributed by atoms with Crippen LogP contribution in [0.4, 0.5) is 14.9 Å². The predicted octanol–water partition coefficient (Wildman–Crippen LogP) is 3.72. The highest BCUT2D eigenvalue weighted by Crippen LogP contribution is 2.30. The Labute approximate surface area is 237 Å². The lowest BCUT2D eigenvalue weighted by Crippen LogP contribution is -2.42. The van der Waals surface area contributed by atoms with Gasteiger partial charge in [0.1, 0.15) is 18.3 Å². The van der Waals surface area contributed by atoms with Gasteiger partial charge in [0.15, 0.2) is 0 Å². The number of nitriles is 1. The normalized spacial score (nSPS) is 19.7. The number of nitrogens with one attached hydrogen (secondary N) is 3. The molecule has 3 aromatic rings. The zero-order valence-corrected chi connectivity index (χ0v) is 23.1. The quantitative estimate of drug-likeness (QED) is 0.307. The number of carbonyl (C=O) groups excluding carboxylic acids is 2. The Morgan fingerprint density at radius 3 is 2.59 bits per heavy atom. The number of aliphatic hydroxyl groups is 1. The van der Waals surface area contributed by atoms with Gasteiger partial charge >= 0.3 is 6.09 Å². The van der Waals surface area contributed by atoms with Crippen LogP contribution in [0.5, 0.6) is 0 Å². The molecule has 2 fully saturated rings. The molecule has 1 atom stereocenters. The number of alkyl carbamates (subject to hydrolysis) is 1. The van der Waals surface area contributed by atoms with Crippen molar-refractivity contribution in [2.45, 2.75) is 82.3 Å². The standard InChI is InChI=1S/C29H34FN7O4/c1-29(2,40)26(30)16-33-27(38)22-15-32-24(25-10-7-20-11-17(13-31)14-34-37(20)25)12-23(22)35-18-5-8-21(9-6-18)41-28(39)36-19-3-4-19/h7,10-12,14-15,18-19,21,26,40H,3-6,8-9,16H2,1-2H3,(H,32,35)(H,33,38)(H,36,39)/t18-,21+,26-/m1/s1. The maximum atomic E-state index is 14.3. The van der Waals surface area contributed by atoms with E-state index in [0.29, 0.717) is 35.5 Å². The summed E-state index contributed by atoms with van der Waals surface area (Å²) in [4.78, 5) is 29.7. The molecule has 0 aromatic carbocycles. The van der Waals surface area contributed by atoms with Crippen LogP contribution in [0.25, 0.3) is 16.9 Å². The molecule has 0 radical (unpaired) electrons. The Bertz CT molecular complexity index is 1470. The van der Waals surface area contributed by atoms with E-state index >= 15 is 0 Å². The first-order valence-electron chi connectivity index (χ1n) is 13.9. The number of anilines is 1. The zero-order chi connectivity index (χ0) is 29.1. The molecule has 0 bridgehead atoms. The van der Waals surface area contributed by atoms with Crippen molar-refractivity contribution in [3.8, 4) is 17.5 Å². The van der Waals surface area contributed by atoms with Gasteiger partial charge in [-0.05, 0) is 76.6 Å². The van der Waals surface area contributed by atoms with Crippen LogP contribution in [0, 0.1) is 11.3 Å². The number of rotatable bonds is 9. The van der Waals surface area contributed by atoms with Crippen molar-refractivity contribution >= 4 is 23.2 Å². The summed E-state index contributed by atoms with van der Waals surface area (Å²) in [6, 6.07) is 9.47. The molecule has 41 heavy (non-hydrogen) atoms. The summed E-state index contributed by atoms with van der Waals surface area (Å²) in [7, 11) is 0. The lowest BCUT2D eigenvalue weighted by Gasteiger charge is -2.30. The van der Waals surface area contributed by atoms with Crippen molar-refractivity contribution in [1.82, 2.24) is 25.2 Å². The molecular weight excluding hydrogens is 529 g/mol. The van der Waals surface area contributed by atoms with E-state index in [4.69, 9.17) is 4.74 Å². The predicted molar refractivity (Wildman–Crippen MR) is 149 cm³/mol. The zero-order valence-electron chi connectivity index (χ0n) is 23.1. The molecule has 216 valence electrons. The number of amides is 2. The molecule has 11 nitrogen and oxygen atoms in total. The van der Waals surface area contributed by atoms with E-state index < -0.39 is 17.7 Å². The summed E-state index contributed by atoms with van der Waals surface area (Å²) in [6.45, 7) is 2.33. The number of fused-ring (bicyclic) bond motifs is 1. The van der Waals surface area contributed by atoms with Crippen molar-refractivity contribution < 1.29 is 23.8 Å². The molecule has 2 aliphatic carbocycles. The van der Waals surface area contributed by atoms with E-state index in [9.17, 15) is 24.3 Å². The molecule has 0 unspecified atom stereocenters. The number of hydrogen-bond donors (Lipinski definition) is 4. The maximum Gasteiger partial charge on any atom is 0.407 e. The van der Waals surface area contributed by atoms with Crippen molar-refractivity contribution in [1.29, 1.82) is 5.26 Å². The fourth-order valence-electron chi connectivity index (χ4n) is 4.80. The number of ether oxygens (including phenoxy) is 1. The fourth-order valence-corrected chi connectivity index (χ4v) is 4.80. The lowest BCUT2D eigenvalue weighted by molar-refractivity contribution is -0.00178. The Morgan fingerprint density at radius 2 is 1.90 bits per heavy atom. The van der Waals surface area contributed by atoms with E-state index in [1.807, 2.05) is 12.1 Å². The summed E-state index contributed by atoms with van der Waals surface area (Å²) in [5, 5.41) is 32.3. The Morgan fingerprint density at radius 1 is 1.17 bits per heavy atom. The summed E-state index contributed by atoms with van der Waals surface area (Å²) in [6.07, 6.45) is 5.51. The van der Waals surface area contributed by atoms with Gasteiger partial charge in [0, 0.05) is 18.3 Å². The van der Waals surface area contributed by atoms with E-state index in [1.54, 1.807) is 16.6 Å². The second-order valence-electron chi connectivity index (χ2n) is 11.3. The average Bonchev–Trinajstić information content (AvgIpc) is 3.66. The van der Waals surface area contributed by atoms with Crippen LogP contribution in [-0.4, -0.2) is 68.2 Å². The van der Waals surface area contributed by atoms with Crippen LogP contribution >= 0.6 is 0 Å². The summed E-state index contributed by atoms with van der Waals surface area (Å²) < 4.78 is 21.6. The third-order valence-electron chi connectivity index (χ3n) is 7.46. The molecule has 2 aliphatic rings. The second kappa shape index (κ2) is 11.7. The van der Waals surface area contributed by atoms with Crippen LogP contribution in [0.2, 0.25) is 0 Å². The van der Waals surface area contributed by atoms with Gasteiger partial charge in [-0.2, -0.15) is 10.4 Å². The molecule has 12 heteroatoms. The van der Waals surface area contributed by atoms with Crippen LogP contribution in [-0.2, 0) is 4.74 Å². The molecule has 0 saturated heterocycles. The smallest absolute Gasteiger partial charge is 0.407 e. The van der Waals surface area contributed by atoms with E-state index in [2.05, 4.69) is 32.1 Å². The number of nitrogens with zero attached hydrogens (tertiary/aromatic N) is 4. The summed E-state index contributed by atoms with van der Waals surface area (Å²) in [5.74, 6) is -0.524. The first-order valence-corrected chi connectivity index (χ1v) is 13.9. The minimum absolute atomic E-state index is 0.00816. The Hall–Kier alpha value is -4.24. The summed E-state index contributed by atoms with van der Waals surface area (Å²) in [5.41, 5.74) is 1.54. The Kier molecular flexibility index (Phi) is 8.08. The molecule has 0 aliphatic heterocycles. The van der Waals surface area contributed by atoms with Gasteiger partial charge in [-0.25, -0.2) is 13.7 Å². The molecule has 2 amide bonds. The van der Waals surface area contributed by atoms with Gasteiger partial charge in [-0.3, -0.25) is 9.78 Å². The molecule has 0 spiro atoms. The van der Waals surface area contributed by atoms with Crippen molar-refractivity contribution in [2.24, 2.45) is 0 Å². The number of carbonyl (C=O) groups is 2. The van der Waals surface area contributed by atoms with Crippen LogP contribution in [0.1, 0.15) is 68.3 Å². The highest BCUT2D eigenvalue weighted by Gasteiger charge is 2.30. The average molecular weight is 564 g/mol. The minimum atomic E-state index is -1.65. The second-order valence-corrected chi connectivity index (χ2v) is 11.3. The van der Waals surface area contributed by atoms with Gasteiger partial charge < -0.3 is 25.8 Å². The maximum absolute atomic E-state index is 14.3. The first-order chi connectivity index (χ1) is 19.6. The van der Waals surface area contributed by atoms with Crippen LogP contribution < -0.4 is 16.0 Å². The molecule has 5 rings (SSSR count). The largest absolute Gasteiger partial charge is 0.446 e. The molecule has 3 heterocycles. The monoisotopic (exact) mass is 563 g/mol. The number of halogens is 1. The molecule has 3 aromatic heterocycles. The number of pyridine rings is 1. The van der Waals surface area contributed by atoms with Gasteiger partial charge in [0.2, 0.25) is 0 Å². The number of hydrogen-bond acceptors (Lipinski definition) is 8. The van der Waals surface area contributed by atoms with Crippen LogP contribution in [0.3, 0.4) is 0 Å². The van der Waals surface area contributed by atoms with Crippen molar-refractivity contribution in [2.75, 3.05) is 11.9 Å². The highest BCUT2D eigenvalue weighted by atomic mass is 19.1. The fraction of sp³-hybridized carbons (Fsp3) is 0.483. The Balaban J connectivity index is 1.34. The van der Waals surface area contributed by atoms with E-state index in [0.717, 1.165) is 31.2 Å². The van der Waals surface area contributed by atoms with Gasteiger partial charge in [0.25, 0.3) is 5.91 Å². The topological polar surface area (TPSA) is 154 Å². The van der Waals surface area contributed by atoms with E-state index in [-0.39, 0.29) is 36.4 Å².